The first-order valence-electron chi connectivity index (χ1n) is 17.8. The fourth-order valence-electron chi connectivity index (χ4n) is 6.26. The summed E-state index contributed by atoms with van der Waals surface area (Å²) in [4.78, 5) is 49.8. The second-order valence-corrected chi connectivity index (χ2v) is 13.9. The summed E-state index contributed by atoms with van der Waals surface area (Å²) in [5, 5.41) is 19.3. The second-order valence-electron chi connectivity index (χ2n) is 13.9. The average molecular weight is 625 g/mol. The van der Waals surface area contributed by atoms with Gasteiger partial charge >= 0.3 is 23.9 Å². The van der Waals surface area contributed by atoms with Crippen molar-refractivity contribution in [3.05, 3.63) is 0 Å². The highest BCUT2D eigenvalue weighted by Crippen LogP contribution is 2.40. The number of rotatable bonds is 26. The number of carboxylic acid groups (broad SMARTS) is 2. The van der Waals surface area contributed by atoms with Crippen LogP contribution in [-0.2, 0) is 28.7 Å². The van der Waals surface area contributed by atoms with Crippen molar-refractivity contribution in [1.29, 1.82) is 0 Å². The Balaban J connectivity index is 2.45. The molecule has 0 aliphatic heterocycles. The summed E-state index contributed by atoms with van der Waals surface area (Å²) >= 11 is 0. The van der Waals surface area contributed by atoms with Gasteiger partial charge in [0.15, 0.2) is 0 Å². The van der Waals surface area contributed by atoms with E-state index in [9.17, 15) is 29.4 Å². The maximum Gasteiger partial charge on any atom is 0.309 e. The van der Waals surface area contributed by atoms with Gasteiger partial charge in [0.1, 0.15) is 0 Å². The van der Waals surface area contributed by atoms with Crippen LogP contribution in [0.15, 0.2) is 0 Å². The van der Waals surface area contributed by atoms with Crippen molar-refractivity contribution in [3.8, 4) is 0 Å². The summed E-state index contributed by atoms with van der Waals surface area (Å²) < 4.78 is 11.0. The SMILES string of the molecule is CC(C)CCCCCCCCCCOC(=O)C1CC(C(=O)O)C(C(=O)O)CC1C(=O)OCCCCCCCCCCC(C)C. The first-order valence-corrected chi connectivity index (χ1v) is 17.8. The summed E-state index contributed by atoms with van der Waals surface area (Å²) in [7, 11) is 0. The topological polar surface area (TPSA) is 127 Å². The number of esters is 2. The van der Waals surface area contributed by atoms with Crippen molar-refractivity contribution >= 4 is 23.9 Å². The van der Waals surface area contributed by atoms with Crippen LogP contribution >= 0.6 is 0 Å². The number of hydrogen-bond donors (Lipinski definition) is 2. The first-order chi connectivity index (χ1) is 21.0. The Kier molecular flexibility index (Phi) is 21.9. The summed E-state index contributed by atoms with van der Waals surface area (Å²) in [5.74, 6) is -6.79. The smallest absolute Gasteiger partial charge is 0.309 e. The summed E-state index contributed by atoms with van der Waals surface area (Å²) in [6.45, 7) is 9.44. The molecule has 1 fully saturated rings. The minimum absolute atomic E-state index is 0.212. The van der Waals surface area contributed by atoms with Crippen LogP contribution in [0.3, 0.4) is 0 Å². The number of aliphatic carboxylic acids is 2. The number of unbranched alkanes of at least 4 members (excludes halogenated alkanes) is 14. The van der Waals surface area contributed by atoms with E-state index >= 15 is 0 Å². The largest absolute Gasteiger partial charge is 0.481 e. The van der Waals surface area contributed by atoms with Crippen LogP contribution in [0.4, 0.5) is 0 Å². The molecule has 1 saturated carbocycles. The molecule has 0 aromatic carbocycles. The Morgan fingerprint density at radius 2 is 0.750 bits per heavy atom. The minimum Gasteiger partial charge on any atom is -0.481 e. The number of hydrogen-bond acceptors (Lipinski definition) is 6. The molecule has 0 spiro atoms. The fourth-order valence-corrected chi connectivity index (χ4v) is 6.26. The maximum atomic E-state index is 13.0. The molecule has 0 saturated heterocycles. The highest BCUT2D eigenvalue weighted by Gasteiger charge is 2.50. The van der Waals surface area contributed by atoms with E-state index < -0.39 is 47.5 Å². The lowest BCUT2D eigenvalue weighted by Crippen LogP contribution is -2.46. The summed E-state index contributed by atoms with van der Waals surface area (Å²) in [5.41, 5.74) is 0. The molecular weight excluding hydrogens is 560 g/mol. The first kappa shape index (κ1) is 39.9. The van der Waals surface area contributed by atoms with Gasteiger partial charge in [0.05, 0.1) is 36.9 Å². The Bertz CT molecular complexity index is 742. The van der Waals surface area contributed by atoms with Crippen molar-refractivity contribution in [2.24, 2.45) is 35.5 Å². The van der Waals surface area contributed by atoms with Gasteiger partial charge in [-0.25, -0.2) is 0 Å². The molecule has 8 heteroatoms. The van der Waals surface area contributed by atoms with E-state index in [4.69, 9.17) is 9.47 Å². The zero-order valence-corrected chi connectivity index (χ0v) is 28.4. The number of carbonyl (C=O) groups excluding carboxylic acids is 2. The third-order valence-corrected chi connectivity index (χ3v) is 9.07. The quantitative estimate of drug-likeness (QED) is 0.0722. The molecule has 4 atom stereocenters. The third-order valence-electron chi connectivity index (χ3n) is 9.07. The van der Waals surface area contributed by atoms with Gasteiger partial charge in [-0.05, 0) is 37.5 Å². The van der Waals surface area contributed by atoms with E-state index in [2.05, 4.69) is 27.7 Å². The van der Waals surface area contributed by atoms with Crippen LogP contribution < -0.4 is 0 Å². The highest BCUT2D eigenvalue weighted by atomic mass is 16.5. The predicted octanol–water partition coefficient (Wildman–Crippen LogP) is 8.83. The summed E-state index contributed by atoms with van der Waals surface area (Å²) in [6.07, 6.45) is 19.9. The van der Waals surface area contributed by atoms with E-state index in [-0.39, 0.29) is 26.1 Å². The molecule has 0 aromatic heterocycles. The second kappa shape index (κ2) is 24.2. The van der Waals surface area contributed by atoms with Crippen LogP contribution in [0.25, 0.3) is 0 Å². The number of carbonyl (C=O) groups is 4. The molecule has 4 unspecified atom stereocenters. The lowest BCUT2D eigenvalue weighted by Gasteiger charge is -2.35. The summed E-state index contributed by atoms with van der Waals surface area (Å²) in [6, 6.07) is 0. The lowest BCUT2D eigenvalue weighted by atomic mass is 9.68. The van der Waals surface area contributed by atoms with Gasteiger partial charge in [0, 0.05) is 0 Å². The highest BCUT2D eigenvalue weighted by molar-refractivity contribution is 5.86. The predicted molar refractivity (Wildman–Crippen MR) is 173 cm³/mol. The molecule has 0 amide bonds. The van der Waals surface area contributed by atoms with Crippen molar-refractivity contribution in [1.82, 2.24) is 0 Å². The molecule has 8 nitrogen and oxygen atoms in total. The van der Waals surface area contributed by atoms with E-state index in [1.807, 2.05) is 0 Å². The Labute approximate surface area is 267 Å². The zero-order chi connectivity index (χ0) is 32.7. The molecule has 1 aliphatic rings. The number of ether oxygens (including phenoxy) is 2. The Morgan fingerprint density at radius 1 is 0.477 bits per heavy atom. The van der Waals surface area contributed by atoms with Crippen molar-refractivity contribution in [2.45, 2.75) is 156 Å². The van der Waals surface area contributed by atoms with Gasteiger partial charge in [0.25, 0.3) is 0 Å². The Hall–Kier alpha value is -2.12. The molecule has 0 heterocycles. The van der Waals surface area contributed by atoms with Crippen molar-refractivity contribution in [2.75, 3.05) is 13.2 Å². The van der Waals surface area contributed by atoms with Gasteiger partial charge in [0.2, 0.25) is 0 Å². The van der Waals surface area contributed by atoms with Crippen LogP contribution in [-0.4, -0.2) is 47.3 Å². The van der Waals surface area contributed by atoms with Crippen molar-refractivity contribution < 1.29 is 38.9 Å². The Morgan fingerprint density at radius 3 is 1.02 bits per heavy atom. The minimum atomic E-state index is -1.27. The van der Waals surface area contributed by atoms with Crippen LogP contribution in [0, 0.1) is 35.5 Å². The standard InChI is InChI=1S/C36H64O8/c1-27(2)21-17-13-9-5-7-11-15-19-23-43-35(41)31-25-29(33(37)38)30(34(39)40)26-32(31)36(42)44-24-20-16-12-8-6-10-14-18-22-28(3)4/h27-32H,5-26H2,1-4H3,(H,37,38)(H,39,40). The fraction of sp³-hybridized carbons (Fsp3) is 0.889. The van der Waals surface area contributed by atoms with E-state index in [0.717, 1.165) is 50.4 Å². The van der Waals surface area contributed by atoms with Crippen LogP contribution in [0.2, 0.25) is 0 Å². The van der Waals surface area contributed by atoms with Crippen LogP contribution in [0.1, 0.15) is 156 Å². The molecule has 1 rings (SSSR count). The normalized spacial score (nSPS) is 20.1. The molecular formula is C36H64O8. The molecule has 2 N–H and O–H groups in total. The molecule has 1 aliphatic carbocycles. The van der Waals surface area contributed by atoms with Crippen LogP contribution in [0.5, 0.6) is 0 Å². The van der Waals surface area contributed by atoms with Gasteiger partial charge in [-0.3, -0.25) is 19.2 Å². The van der Waals surface area contributed by atoms with Gasteiger partial charge in [-0.15, -0.1) is 0 Å². The number of carboxylic acids is 2. The molecule has 44 heavy (non-hydrogen) atoms. The van der Waals surface area contributed by atoms with E-state index in [1.165, 1.54) is 64.2 Å². The van der Waals surface area contributed by atoms with E-state index in [1.54, 1.807) is 0 Å². The monoisotopic (exact) mass is 624 g/mol. The maximum absolute atomic E-state index is 13.0. The van der Waals surface area contributed by atoms with Gasteiger partial charge < -0.3 is 19.7 Å². The van der Waals surface area contributed by atoms with E-state index in [0.29, 0.717) is 12.8 Å². The molecule has 0 aromatic rings. The van der Waals surface area contributed by atoms with Gasteiger partial charge in [-0.2, -0.15) is 0 Å². The lowest BCUT2D eigenvalue weighted by molar-refractivity contribution is -0.172. The van der Waals surface area contributed by atoms with Crippen molar-refractivity contribution in [3.63, 3.8) is 0 Å². The molecule has 0 bridgehead atoms. The molecule has 256 valence electrons. The zero-order valence-electron chi connectivity index (χ0n) is 28.4. The van der Waals surface area contributed by atoms with Gasteiger partial charge in [-0.1, -0.05) is 130 Å². The third kappa shape index (κ3) is 18.0. The molecule has 0 radical (unpaired) electrons. The average Bonchev–Trinajstić information content (AvgIpc) is 2.97.